The van der Waals surface area contributed by atoms with Crippen molar-refractivity contribution in [2.75, 3.05) is 5.32 Å². The monoisotopic (exact) mass is 350 g/mol. The fourth-order valence-corrected chi connectivity index (χ4v) is 4.05. The molecule has 1 fully saturated rings. The van der Waals surface area contributed by atoms with Crippen molar-refractivity contribution >= 4 is 22.7 Å². The van der Waals surface area contributed by atoms with Crippen LogP contribution in [0.1, 0.15) is 37.7 Å². The lowest BCUT2D eigenvalue weighted by molar-refractivity contribution is -0.138. The van der Waals surface area contributed by atoms with E-state index in [9.17, 15) is 9.90 Å². The molecule has 6 nitrogen and oxygen atoms in total. The highest BCUT2D eigenvalue weighted by Gasteiger charge is 2.37. The van der Waals surface area contributed by atoms with Crippen LogP contribution in [-0.4, -0.2) is 26.1 Å². The normalized spacial score (nSPS) is 16.0. The lowest BCUT2D eigenvalue weighted by Crippen LogP contribution is -2.25. The summed E-state index contributed by atoms with van der Waals surface area (Å²) in [5.74, 6) is -0.716. The fourth-order valence-electron chi connectivity index (χ4n) is 4.05. The molecule has 0 saturated heterocycles. The summed E-state index contributed by atoms with van der Waals surface area (Å²) in [7, 11) is 0. The van der Waals surface area contributed by atoms with Gasteiger partial charge >= 0.3 is 5.97 Å². The molecule has 3 aromatic rings. The zero-order chi connectivity index (χ0) is 18.0. The van der Waals surface area contributed by atoms with E-state index >= 15 is 0 Å². The first-order valence-corrected chi connectivity index (χ1v) is 9.01. The van der Waals surface area contributed by atoms with E-state index in [4.69, 9.17) is 0 Å². The Kier molecular flexibility index (Phi) is 4.32. The molecule has 26 heavy (non-hydrogen) atoms. The van der Waals surface area contributed by atoms with E-state index in [2.05, 4.69) is 27.8 Å². The molecule has 1 aromatic heterocycles. The molecule has 1 heterocycles. The minimum absolute atomic E-state index is 0.202. The highest BCUT2D eigenvalue weighted by atomic mass is 16.4. The van der Waals surface area contributed by atoms with Crippen LogP contribution in [0.5, 0.6) is 0 Å². The van der Waals surface area contributed by atoms with Crippen LogP contribution in [0.2, 0.25) is 0 Å². The van der Waals surface area contributed by atoms with Crippen LogP contribution in [0.15, 0.2) is 48.5 Å². The summed E-state index contributed by atoms with van der Waals surface area (Å²) in [4.78, 5) is 11.3. The van der Waals surface area contributed by atoms with Gasteiger partial charge in [-0.2, -0.15) is 0 Å². The van der Waals surface area contributed by atoms with Crippen LogP contribution < -0.4 is 5.32 Å². The smallest absolute Gasteiger partial charge is 0.304 e. The Morgan fingerprint density at radius 2 is 1.85 bits per heavy atom. The molecular formula is C20H22N4O2. The van der Waals surface area contributed by atoms with Crippen molar-refractivity contribution < 1.29 is 9.90 Å². The van der Waals surface area contributed by atoms with Gasteiger partial charge in [0.2, 0.25) is 0 Å². The number of anilines is 1. The van der Waals surface area contributed by atoms with Gasteiger partial charge in [-0.25, -0.2) is 4.68 Å². The number of carboxylic acids is 1. The molecule has 2 aromatic carbocycles. The molecule has 0 unspecified atom stereocenters. The zero-order valence-electron chi connectivity index (χ0n) is 14.6. The third-order valence-electron chi connectivity index (χ3n) is 5.40. The highest BCUT2D eigenvalue weighted by Crippen LogP contribution is 2.44. The maximum absolute atomic E-state index is 11.3. The van der Waals surface area contributed by atoms with Crippen molar-refractivity contribution in [1.29, 1.82) is 0 Å². The quantitative estimate of drug-likeness (QED) is 0.707. The van der Waals surface area contributed by atoms with Gasteiger partial charge in [0.25, 0.3) is 0 Å². The van der Waals surface area contributed by atoms with Gasteiger partial charge in [-0.1, -0.05) is 42.3 Å². The summed E-state index contributed by atoms with van der Waals surface area (Å²) in [5.41, 5.74) is 3.78. The van der Waals surface area contributed by atoms with E-state index in [1.54, 1.807) is 0 Å². The number of nitrogens with one attached hydrogen (secondary N) is 1. The number of hydrogen-bond acceptors (Lipinski definition) is 4. The first-order valence-electron chi connectivity index (χ1n) is 9.01. The van der Waals surface area contributed by atoms with E-state index < -0.39 is 5.97 Å². The molecule has 134 valence electrons. The van der Waals surface area contributed by atoms with E-state index in [-0.39, 0.29) is 11.8 Å². The molecule has 2 N–H and O–H groups in total. The maximum Gasteiger partial charge on any atom is 0.304 e. The number of carboxylic acid groups (broad SMARTS) is 1. The molecule has 0 bridgehead atoms. The first-order chi connectivity index (χ1) is 12.7. The lowest BCUT2D eigenvalue weighted by atomic mass is 9.76. The SMILES string of the molecule is O=C(O)CC1(c2ccc(NCn3nnc4ccccc43)cc2)CCCC1. The Balaban J connectivity index is 1.48. The predicted molar refractivity (Wildman–Crippen MR) is 100.0 cm³/mol. The Labute approximate surface area is 151 Å². The van der Waals surface area contributed by atoms with Crippen molar-refractivity contribution in [1.82, 2.24) is 15.0 Å². The summed E-state index contributed by atoms with van der Waals surface area (Å²) < 4.78 is 1.83. The number of hydrogen-bond donors (Lipinski definition) is 2. The van der Waals surface area contributed by atoms with E-state index in [0.717, 1.165) is 48.0 Å². The van der Waals surface area contributed by atoms with Crippen molar-refractivity contribution in [2.24, 2.45) is 0 Å². The van der Waals surface area contributed by atoms with Crippen LogP contribution in [0, 0.1) is 0 Å². The standard InChI is InChI=1S/C20H22N4O2/c25-19(26)13-20(11-3-4-12-20)15-7-9-16(10-8-15)21-14-24-18-6-2-1-5-17(18)22-23-24/h1-2,5-10,21H,3-4,11-14H2,(H,25,26). The minimum atomic E-state index is -0.716. The van der Waals surface area contributed by atoms with Gasteiger partial charge in [0.05, 0.1) is 11.9 Å². The molecule has 0 amide bonds. The number of rotatable bonds is 6. The van der Waals surface area contributed by atoms with E-state index in [1.165, 1.54) is 0 Å². The van der Waals surface area contributed by atoms with E-state index in [1.807, 2.05) is 41.1 Å². The topological polar surface area (TPSA) is 80.0 Å². The van der Waals surface area contributed by atoms with Crippen molar-refractivity contribution in [3.63, 3.8) is 0 Å². The van der Waals surface area contributed by atoms with Gasteiger partial charge in [-0.3, -0.25) is 4.79 Å². The van der Waals surface area contributed by atoms with Gasteiger partial charge in [-0.15, -0.1) is 5.10 Å². The van der Waals surface area contributed by atoms with Gasteiger partial charge in [0.1, 0.15) is 12.2 Å². The summed E-state index contributed by atoms with van der Waals surface area (Å²) >= 11 is 0. The van der Waals surface area contributed by atoms with Gasteiger partial charge < -0.3 is 10.4 Å². The third kappa shape index (κ3) is 3.14. The first kappa shape index (κ1) is 16.6. The summed E-state index contributed by atoms with van der Waals surface area (Å²) in [6, 6.07) is 16.0. The Morgan fingerprint density at radius 1 is 1.12 bits per heavy atom. The van der Waals surface area contributed by atoms with Crippen molar-refractivity contribution in [2.45, 2.75) is 44.2 Å². The van der Waals surface area contributed by atoms with Gasteiger partial charge in [0.15, 0.2) is 0 Å². The number of aromatic nitrogens is 3. The molecule has 0 radical (unpaired) electrons. The number of fused-ring (bicyclic) bond motifs is 1. The number of nitrogens with zero attached hydrogens (tertiary/aromatic N) is 3. The molecule has 1 saturated carbocycles. The zero-order valence-corrected chi connectivity index (χ0v) is 14.6. The average Bonchev–Trinajstić information content (AvgIpc) is 3.28. The van der Waals surface area contributed by atoms with E-state index in [0.29, 0.717) is 6.67 Å². The average molecular weight is 350 g/mol. The molecule has 1 aliphatic carbocycles. The number of benzene rings is 2. The number of carbonyl (C=O) groups is 1. The molecule has 1 aliphatic rings. The largest absolute Gasteiger partial charge is 0.481 e. The molecular weight excluding hydrogens is 328 g/mol. The van der Waals surface area contributed by atoms with Gasteiger partial charge in [0, 0.05) is 11.1 Å². The Bertz CT molecular complexity index is 911. The van der Waals surface area contributed by atoms with Crippen LogP contribution in [0.3, 0.4) is 0 Å². The van der Waals surface area contributed by atoms with Crippen LogP contribution >= 0.6 is 0 Å². The maximum atomic E-state index is 11.3. The molecule has 0 atom stereocenters. The lowest BCUT2D eigenvalue weighted by Gasteiger charge is -2.28. The second kappa shape index (κ2) is 6.78. The summed E-state index contributed by atoms with van der Waals surface area (Å²) in [5, 5.41) is 21.0. The number of aliphatic carboxylic acids is 1. The second-order valence-electron chi connectivity index (χ2n) is 7.05. The molecule has 0 aliphatic heterocycles. The molecule has 6 heteroatoms. The summed E-state index contributed by atoms with van der Waals surface area (Å²) in [6.07, 6.45) is 4.33. The third-order valence-corrected chi connectivity index (χ3v) is 5.40. The fraction of sp³-hybridized carbons (Fsp3) is 0.350. The second-order valence-corrected chi connectivity index (χ2v) is 7.05. The Morgan fingerprint density at radius 3 is 2.58 bits per heavy atom. The predicted octanol–water partition coefficient (Wildman–Crippen LogP) is 3.79. The van der Waals surface area contributed by atoms with Gasteiger partial charge in [-0.05, 0) is 42.7 Å². The van der Waals surface area contributed by atoms with Crippen molar-refractivity contribution in [3.8, 4) is 0 Å². The van der Waals surface area contributed by atoms with Crippen LogP contribution in [0.4, 0.5) is 5.69 Å². The van der Waals surface area contributed by atoms with Crippen LogP contribution in [-0.2, 0) is 16.9 Å². The Hall–Kier alpha value is -2.89. The number of para-hydroxylation sites is 1. The summed E-state index contributed by atoms with van der Waals surface area (Å²) in [6.45, 7) is 0.528. The highest BCUT2D eigenvalue weighted by molar-refractivity contribution is 5.74. The molecule has 0 spiro atoms. The van der Waals surface area contributed by atoms with Crippen LogP contribution in [0.25, 0.3) is 11.0 Å². The minimum Gasteiger partial charge on any atom is -0.481 e. The van der Waals surface area contributed by atoms with Crippen molar-refractivity contribution in [3.05, 3.63) is 54.1 Å². The molecule has 4 rings (SSSR count).